The van der Waals surface area contributed by atoms with Crippen molar-refractivity contribution in [3.8, 4) is 0 Å². The van der Waals surface area contributed by atoms with Crippen LogP contribution in [0, 0.1) is 0 Å². The summed E-state index contributed by atoms with van der Waals surface area (Å²) in [6.45, 7) is 2.10. The molecule has 60 valence electrons. The van der Waals surface area contributed by atoms with Crippen molar-refractivity contribution in [2.24, 2.45) is 0 Å². The average Bonchev–Trinajstić information content (AvgIpc) is 1.61. The van der Waals surface area contributed by atoms with Crippen molar-refractivity contribution < 1.29 is 48.5 Å². The van der Waals surface area contributed by atoms with Gasteiger partial charge >= 0.3 is 40.0 Å². The summed E-state index contributed by atoms with van der Waals surface area (Å²) in [6.07, 6.45) is 1.18. The van der Waals surface area contributed by atoms with E-state index in [2.05, 4.69) is 19.6 Å². The minimum atomic E-state index is -4.67. The summed E-state index contributed by atoms with van der Waals surface area (Å²) in [5.74, 6) is 1.01. The van der Waals surface area contributed by atoms with Gasteiger partial charge in [0, 0.05) is 0 Å². The van der Waals surface area contributed by atoms with Gasteiger partial charge in [-0.15, -0.1) is 0 Å². The molecule has 0 saturated heterocycles. The van der Waals surface area contributed by atoms with E-state index in [4.69, 9.17) is 17.5 Å². The van der Waals surface area contributed by atoms with Crippen molar-refractivity contribution in [1.29, 1.82) is 0 Å². The van der Waals surface area contributed by atoms with Crippen molar-refractivity contribution in [2.45, 2.75) is 13.3 Å². The maximum atomic E-state index is 8.74. The molecule has 0 amide bonds. The molecular weight excluding hydrogens is 187 g/mol. The van der Waals surface area contributed by atoms with Crippen LogP contribution in [0.15, 0.2) is 0 Å². The zero-order chi connectivity index (χ0) is 7.91. The van der Waals surface area contributed by atoms with Gasteiger partial charge in [-0.2, -0.15) is 21.0 Å². The summed E-state index contributed by atoms with van der Waals surface area (Å²) in [5, 5.41) is 0. The largest absolute Gasteiger partial charge is 1.00 e. The van der Waals surface area contributed by atoms with Gasteiger partial charge < -0.3 is 1.43 Å². The molecule has 4 nitrogen and oxygen atoms in total. The van der Waals surface area contributed by atoms with Crippen LogP contribution in [0.3, 0.4) is 0 Å². The van der Waals surface area contributed by atoms with Crippen LogP contribution >= 0.6 is 12.6 Å². The maximum absolute atomic E-state index is 8.74. The van der Waals surface area contributed by atoms with E-state index in [1.165, 1.54) is 6.42 Å². The van der Waals surface area contributed by atoms with Crippen molar-refractivity contribution >= 4 is 23.0 Å². The molecule has 0 rings (SSSR count). The van der Waals surface area contributed by atoms with E-state index in [1.807, 2.05) is 0 Å². The number of thiol groups is 1. The fourth-order valence-electron chi connectivity index (χ4n) is 0. The molecule has 0 atom stereocenters. The smallest absolute Gasteiger partial charge is 1.00 e. The third-order valence-corrected chi connectivity index (χ3v) is 0.671. The molecule has 2 N–H and O–H groups in total. The summed E-state index contributed by atoms with van der Waals surface area (Å²) in [6, 6.07) is 0. The molecule has 0 spiro atoms. The van der Waals surface area contributed by atoms with Gasteiger partial charge in [-0.25, -0.2) is 0 Å². The van der Waals surface area contributed by atoms with Gasteiger partial charge in [0.05, 0.1) is 0 Å². The Morgan fingerprint density at radius 2 is 1.60 bits per heavy atom. The molecule has 0 aliphatic heterocycles. The van der Waals surface area contributed by atoms with Gasteiger partial charge in [-0.1, -0.05) is 6.92 Å². The molecule has 0 fully saturated rings. The van der Waals surface area contributed by atoms with Gasteiger partial charge in [0.1, 0.15) is 0 Å². The summed E-state index contributed by atoms with van der Waals surface area (Å²) in [5.41, 5.74) is 0. The van der Waals surface area contributed by atoms with Gasteiger partial charge in [-0.3, -0.25) is 9.11 Å². The van der Waals surface area contributed by atoms with Crippen LogP contribution in [0.25, 0.3) is 0 Å². The van der Waals surface area contributed by atoms with Crippen LogP contribution in [0.4, 0.5) is 0 Å². The summed E-state index contributed by atoms with van der Waals surface area (Å²) in [4.78, 5) is 0. The summed E-state index contributed by atoms with van der Waals surface area (Å²) >= 11 is 3.92. The molecule has 0 aliphatic rings. The Bertz CT molecular complexity index is 126. The van der Waals surface area contributed by atoms with E-state index >= 15 is 0 Å². The average molecular weight is 198 g/mol. The monoisotopic (exact) mass is 198 g/mol. The minimum Gasteiger partial charge on any atom is -1.00 e. The van der Waals surface area contributed by atoms with E-state index in [9.17, 15) is 0 Å². The van der Waals surface area contributed by atoms with E-state index in [0.717, 1.165) is 5.75 Å². The molecule has 10 heavy (non-hydrogen) atoms. The molecule has 0 aromatic carbocycles. The van der Waals surface area contributed by atoms with Crippen LogP contribution in [0.1, 0.15) is 14.8 Å². The van der Waals surface area contributed by atoms with E-state index in [1.54, 1.807) is 0 Å². The molecule has 0 saturated carbocycles. The van der Waals surface area contributed by atoms with E-state index in [0.29, 0.717) is 0 Å². The van der Waals surface area contributed by atoms with Crippen molar-refractivity contribution in [3.05, 3.63) is 0 Å². The summed E-state index contributed by atoms with van der Waals surface area (Å²) < 4.78 is 31.6. The topological polar surface area (TPSA) is 74.6 Å². The Hall–Kier alpha value is 1.22. The van der Waals surface area contributed by atoms with Crippen molar-refractivity contribution in [3.63, 3.8) is 0 Å². The van der Waals surface area contributed by atoms with Crippen molar-refractivity contribution in [1.82, 2.24) is 0 Å². The van der Waals surface area contributed by atoms with E-state index in [-0.39, 0.29) is 31.0 Å². The first-order chi connectivity index (χ1) is 3.91. The molecule has 0 aromatic rings. The third kappa shape index (κ3) is 126. The van der Waals surface area contributed by atoms with E-state index < -0.39 is 10.4 Å². The molecule has 0 aromatic heterocycles. The molecule has 7 heteroatoms. The van der Waals surface area contributed by atoms with Crippen LogP contribution in [-0.2, 0) is 10.4 Å². The van der Waals surface area contributed by atoms with Crippen molar-refractivity contribution in [2.75, 3.05) is 5.75 Å². The van der Waals surface area contributed by atoms with Crippen LogP contribution in [0.5, 0.6) is 0 Å². The first kappa shape index (κ1) is 17.3. The number of rotatable bonds is 1. The molecule has 0 bridgehead atoms. The molecule has 0 aliphatic carbocycles. The second-order valence-electron chi connectivity index (χ2n) is 1.17. The first-order valence-electron chi connectivity index (χ1n) is 2.22. The number of hydrogen-bond donors (Lipinski definition) is 3. The molecule has 0 heterocycles. The van der Waals surface area contributed by atoms with Gasteiger partial charge in [0.15, 0.2) is 0 Å². The van der Waals surface area contributed by atoms with Gasteiger partial charge in [0.25, 0.3) is 0 Å². The van der Waals surface area contributed by atoms with Gasteiger partial charge in [0.2, 0.25) is 0 Å². The van der Waals surface area contributed by atoms with Crippen LogP contribution in [0.2, 0.25) is 0 Å². The standard InChI is InChI=1S/C3H8S.Na.H2O4S.H/c1-2-3-4;;1-5(2,3)4;/h4H,2-3H2,1H3;;(H2,1,2,3,4);/q;+1;;-1. The molecule has 0 radical (unpaired) electrons. The predicted molar refractivity (Wildman–Crippen MR) is 39.4 cm³/mol. The molecular formula is C3H11NaO4S2. The zero-order valence-electron chi connectivity index (χ0n) is 6.98. The zero-order valence-corrected chi connectivity index (χ0v) is 9.69. The first-order valence-corrected chi connectivity index (χ1v) is 4.25. The Morgan fingerprint density at radius 1 is 1.50 bits per heavy atom. The summed E-state index contributed by atoms with van der Waals surface area (Å²) in [7, 11) is -4.67. The quantitative estimate of drug-likeness (QED) is 0.254. The fraction of sp³-hybridized carbons (Fsp3) is 1.00. The Labute approximate surface area is 90.2 Å². The fourth-order valence-corrected chi connectivity index (χ4v) is 0. The van der Waals surface area contributed by atoms with Crippen LogP contribution < -0.4 is 29.6 Å². The second kappa shape index (κ2) is 10.2. The Kier molecular flexibility index (Phi) is 17.7. The minimum absolute atomic E-state index is 0. The number of hydrogen-bond acceptors (Lipinski definition) is 3. The maximum Gasteiger partial charge on any atom is 1.00 e. The second-order valence-corrected chi connectivity index (χ2v) is 2.51. The normalized spacial score (nSPS) is 8.80. The SMILES string of the molecule is CCCS.O=S(=O)(O)O.[H-].[Na+]. The predicted octanol–water partition coefficient (Wildman–Crippen LogP) is -2.21. The third-order valence-electron chi connectivity index (χ3n) is 0.224. The van der Waals surface area contributed by atoms with Crippen LogP contribution in [-0.4, -0.2) is 23.3 Å². The Morgan fingerprint density at radius 3 is 1.60 bits per heavy atom. The Balaban J connectivity index is -0.0000000383. The molecule has 0 unspecified atom stereocenters. The van der Waals surface area contributed by atoms with Gasteiger partial charge in [-0.05, 0) is 12.2 Å².